The number of benzene rings is 2. The maximum Gasteiger partial charge on any atom is 0.210 e. The Balaban J connectivity index is 1.47. The van der Waals surface area contributed by atoms with Gasteiger partial charge in [-0.05, 0) is 36.4 Å². The zero-order chi connectivity index (χ0) is 22.7. The van der Waals surface area contributed by atoms with Gasteiger partial charge >= 0.3 is 0 Å². The van der Waals surface area contributed by atoms with E-state index in [2.05, 4.69) is 20.4 Å². The first-order valence-electron chi connectivity index (χ1n) is 9.40. The van der Waals surface area contributed by atoms with Gasteiger partial charge in [-0.2, -0.15) is 5.10 Å². The second kappa shape index (κ2) is 9.33. The number of Topliss-reactive ketones (excluding diaryl/α,β-unsaturated/α-hetero) is 1. The summed E-state index contributed by atoms with van der Waals surface area (Å²) in [5, 5.41) is 16.5. The second-order valence-electron chi connectivity index (χ2n) is 6.63. The topological polar surface area (TPSA) is 121 Å². The van der Waals surface area contributed by atoms with Gasteiger partial charge in [-0.15, -0.1) is 10.2 Å². The number of nitrogens with two attached hydrogens (primary N) is 1. The lowest BCUT2D eigenvalue weighted by atomic mass is 10.1. The molecule has 0 bridgehead atoms. The molecule has 11 heteroatoms. The molecule has 0 aliphatic rings. The zero-order valence-electron chi connectivity index (χ0n) is 17.2. The molecule has 0 amide bonds. The van der Waals surface area contributed by atoms with E-state index in [0.717, 1.165) is 11.3 Å². The van der Waals surface area contributed by atoms with Crippen molar-refractivity contribution in [3.8, 4) is 34.3 Å². The highest BCUT2D eigenvalue weighted by Crippen LogP contribution is 2.29. The van der Waals surface area contributed by atoms with E-state index in [4.69, 9.17) is 26.9 Å². The molecule has 0 spiro atoms. The lowest BCUT2D eigenvalue weighted by Crippen LogP contribution is -2.13. The Morgan fingerprint density at radius 3 is 2.56 bits per heavy atom. The summed E-state index contributed by atoms with van der Waals surface area (Å²) in [6, 6.07) is 14.2. The Kier molecular flexibility index (Phi) is 6.33. The van der Waals surface area contributed by atoms with E-state index < -0.39 is 0 Å². The summed E-state index contributed by atoms with van der Waals surface area (Å²) >= 11 is 7.13. The number of rotatable bonds is 8. The summed E-state index contributed by atoms with van der Waals surface area (Å²) in [5.74, 6) is 7.64. The van der Waals surface area contributed by atoms with Crippen molar-refractivity contribution in [2.75, 3.05) is 25.8 Å². The smallest absolute Gasteiger partial charge is 0.210 e. The van der Waals surface area contributed by atoms with Gasteiger partial charge in [-0.3, -0.25) is 9.89 Å². The van der Waals surface area contributed by atoms with Crippen LogP contribution < -0.4 is 15.3 Å². The largest absolute Gasteiger partial charge is 0.493 e. The van der Waals surface area contributed by atoms with Gasteiger partial charge in [0.05, 0.1) is 25.7 Å². The number of nitrogens with zero attached hydrogens (tertiary/aromatic N) is 4. The van der Waals surface area contributed by atoms with E-state index in [1.54, 1.807) is 37.4 Å². The maximum absolute atomic E-state index is 12.6. The molecule has 0 saturated heterocycles. The van der Waals surface area contributed by atoms with Crippen LogP contribution in [0, 0.1) is 0 Å². The minimum atomic E-state index is -0.105. The first kappa shape index (κ1) is 21.7. The Morgan fingerprint density at radius 1 is 1.09 bits per heavy atom. The van der Waals surface area contributed by atoms with Crippen LogP contribution in [0.1, 0.15) is 10.4 Å². The van der Waals surface area contributed by atoms with Crippen LogP contribution in [0.15, 0.2) is 53.7 Å². The van der Waals surface area contributed by atoms with Crippen LogP contribution in [-0.2, 0) is 0 Å². The predicted octanol–water partition coefficient (Wildman–Crippen LogP) is 3.69. The van der Waals surface area contributed by atoms with E-state index in [1.807, 2.05) is 18.2 Å². The Labute approximate surface area is 192 Å². The fourth-order valence-electron chi connectivity index (χ4n) is 2.99. The van der Waals surface area contributed by atoms with Crippen LogP contribution in [0.25, 0.3) is 22.8 Å². The van der Waals surface area contributed by atoms with Gasteiger partial charge in [-0.1, -0.05) is 35.5 Å². The molecule has 0 radical (unpaired) electrons. The number of hydrogen-bond acceptors (Lipinski definition) is 8. The van der Waals surface area contributed by atoms with Gasteiger partial charge in [0, 0.05) is 16.1 Å². The second-order valence-corrected chi connectivity index (χ2v) is 8.01. The SMILES string of the molecule is COc1ccc(C(=O)CSc2nnc(-c3cc(-c4ccc(Cl)cc4)n[nH]3)n2N)cc1OC. The summed E-state index contributed by atoms with van der Waals surface area (Å²) in [7, 11) is 3.06. The van der Waals surface area contributed by atoms with Crippen molar-refractivity contribution in [2.45, 2.75) is 5.16 Å². The van der Waals surface area contributed by atoms with Crippen molar-refractivity contribution < 1.29 is 14.3 Å². The van der Waals surface area contributed by atoms with Crippen LogP contribution >= 0.6 is 23.4 Å². The number of methoxy groups -OCH3 is 2. The molecule has 3 N–H and O–H groups in total. The Hall–Kier alpha value is -3.50. The molecule has 0 atom stereocenters. The third-order valence-electron chi connectivity index (χ3n) is 4.66. The number of aromatic nitrogens is 5. The third-order valence-corrected chi connectivity index (χ3v) is 5.86. The number of H-pyrrole nitrogens is 1. The number of nitrogen functional groups attached to an aromatic ring is 1. The summed E-state index contributed by atoms with van der Waals surface area (Å²) in [4.78, 5) is 12.6. The van der Waals surface area contributed by atoms with Gasteiger partial charge in [0.15, 0.2) is 17.3 Å². The van der Waals surface area contributed by atoms with Crippen molar-refractivity contribution >= 4 is 29.1 Å². The number of thioether (sulfide) groups is 1. The van der Waals surface area contributed by atoms with Crippen LogP contribution in [-0.4, -0.2) is 50.8 Å². The number of ketones is 1. The fourth-order valence-corrected chi connectivity index (χ4v) is 3.86. The molecule has 2 aromatic heterocycles. The van der Waals surface area contributed by atoms with E-state index in [-0.39, 0.29) is 11.5 Å². The van der Waals surface area contributed by atoms with Crippen LogP contribution in [0.3, 0.4) is 0 Å². The van der Waals surface area contributed by atoms with Gasteiger partial charge in [-0.25, -0.2) is 4.68 Å². The summed E-state index contributed by atoms with van der Waals surface area (Å²) in [6.07, 6.45) is 0. The molecule has 0 aliphatic carbocycles. The number of carbonyl (C=O) groups excluding carboxylic acids is 1. The van der Waals surface area contributed by atoms with Gasteiger partial charge < -0.3 is 15.3 Å². The predicted molar refractivity (Wildman–Crippen MR) is 123 cm³/mol. The van der Waals surface area contributed by atoms with E-state index in [9.17, 15) is 4.79 Å². The van der Waals surface area contributed by atoms with Gasteiger partial charge in [0.2, 0.25) is 11.0 Å². The maximum atomic E-state index is 12.6. The van der Waals surface area contributed by atoms with Crippen LogP contribution in [0.2, 0.25) is 5.02 Å². The van der Waals surface area contributed by atoms with Crippen LogP contribution in [0.5, 0.6) is 11.5 Å². The van der Waals surface area contributed by atoms with Gasteiger partial charge in [0.25, 0.3) is 0 Å². The van der Waals surface area contributed by atoms with Crippen molar-refractivity contribution in [2.24, 2.45) is 0 Å². The van der Waals surface area contributed by atoms with Crippen molar-refractivity contribution in [3.63, 3.8) is 0 Å². The molecule has 4 aromatic rings. The van der Waals surface area contributed by atoms with Crippen LogP contribution in [0.4, 0.5) is 0 Å². The third kappa shape index (κ3) is 4.41. The highest BCUT2D eigenvalue weighted by Gasteiger charge is 2.17. The number of ether oxygens (including phenoxy) is 2. The minimum absolute atomic E-state index is 0.105. The lowest BCUT2D eigenvalue weighted by molar-refractivity contribution is 0.102. The van der Waals surface area contributed by atoms with Gasteiger partial charge in [0.1, 0.15) is 5.69 Å². The van der Waals surface area contributed by atoms with E-state index in [1.165, 1.54) is 23.5 Å². The molecule has 4 rings (SSSR count). The zero-order valence-corrected chi connectivity index (χ0v) is 18.8. The number of nitrogens with one attached hydrogen (secondary N) is 1. The molecule has 0 fully saturated rings. The minimum Gasteiger partial charge on any atom is -0.493 e. The highest BCUT2D eigenvalue weighted by atomic mass is 35.5. The molecule has 9 nitrogen and oxygen atoms in total. The quantitative estimate of drug-likeness (QED) is 0.227. The molecule has 0 aliphatic heterocycles. The van der Waals surface area contributed by atoms with E-state index in [0.29, 0.717) is 38.8 Å². The molecule has 0 saturated carbocycles. The molecule has 2 heterocycles. The van der Waals surface area contributed by atoms with Crippen molar-refractivity contribution in [1.82, 2.24) is 25.1 Å². The van der Waals surface area contributed by atoms with E-state index >= 15 is 0 Å². The average Bonchev–Trinajstić information content (AvgIpc) is 3.44. The van der Waals surface area contributed by atoms with Crippen molar-refractivity contribution in [1.29, 1.82) is 0 Å². The molecule has 2 aromatic carbocycles. The molecular formula is C21H19ClN6O3S. The van der Waals surface area contributed by atoms with Crippen molar-refractivity contribution in [3.05, 3.63) is 59.1 Å². The molecule has 164 valence electrons. The lowest BCUT2D eigenvalue weighted by Gasteiger charge is -2.09. The number of carbonyl (C=O) groups is 1. The highest BCUT2D eigenvalue weighted by molar-refractivity contribution is 7.99. The molecule has 32 heavy (non-hydrogen) atoms. The first-order valence-corrected chi connectivity index (χ1v) is 10.8. The first-order chi connectivity index (χ1) is 15.5. The Bertz CT molecular complexity index is 1250. The fraction of sp³-hybridized carbons (Fsp3) is 0.143. The summed E-state index contributed by atoms with van der Waals surface area (Å²) in [5.41, 5.74) is 2.72. The molecular weight excluding hydrogens is 452 g/mol. The number of aromatic amines is 1. The Morgan fingerprint density at radius 2 is 1.84 bits per heavy atom. The summed E-state index contributed by atoms with van der Waals surface area (Å²) in [6.45, 7) is 0. The number of halogens is 1. The number of hydrogen-bond donors (Lipinski definition) is 2. The molecule has 0 unspecified atom stereocenters. The summed E-state index contributed by atoms with van der Waals surface area (Å²) < 4.78 is 11.8. The average molecular weight is 471 g/mol. The monoisotopic (exact) mass is 470 g/mol. The normalized spacial score (nSPS) is 10.8. The standard InChI is InChI=1S/C21H19ClN6O3S/c1-30-18-8-5-13(9-19(18)31-2)17(29)11-32-21-27-26-20(28(21)23)16-10-15(24-25-16)12-3-6-14(22)7-4-12/h3-10H,11,23H2,1-2H3,(H,24,25).